The maximum absolute atomic E-state index is 12.2. The maximum Gasteiger partial charge on any atom is 0.272 e. The van der Waals surface area contributed by atoms with Crippen LogP contribution in [0.2, 0.25) is 0 Å². The molecule has 0 unspecified atom stereocenters. The fraction of sp³-hybridized carbons (Fsp3) is 0.538. The van der Waals surface area contributed by atoms with E-state index in [0.29, 0.717) is 29.9 Å². The van der Waals surface area contributed by atoms with Crippen molar-refractivity contribution in [2.45, 2.75) is 26.8 Å². The van der Waals surface area contributed by atoms with Crippen LogP contribution >= 0.6 is 0 Å². The molecule has 0 fully saturated rings. The molecule has 0 bridgehead atoms. The van der Waals surface area contributed by atoms with Crippen molar-refractivity contribution in [3.8, 4) is 0 Å². The molecular weight excluding hydrogens is 258 g/mol. The van der Waals surface area contributed by atoms with Gasteiger partial charge in [-0.15, -0.1) is 0 Å². The fourth-order valence-corrected chi connectivity index (χ4v) is 1.83. The molecule has 0 aromatic carbocycles. The first-order chi connectivity index (χ1) is 9.47. The van der Waals surface area contributed by atoms with Gasteiger partial charge in [-0.1, -0.05) is 19.0 Å². The zero-order valence-corrected chi connectivity index (χ0v) is 12.2. The Bertz CT molecular complexity index is 587. The number of aromatic nitrogens is 4. The summed E-state index contributed by atoms with van der Waals surface area (Å²) in [6.45, 7) is 4.48. The average Bonchev–Trinajstić information content (AvgIpc) is 2.97. The SMILES string of the molecule is CC(C)Cc1nc(CN(C)C(=O)c2cncn2C)no1. The molecule has 7 heteroatoms. The van der Waals surface area contributed by atoms with Crippen LogP contribution < -0.4 is 0 Å². The molecule has 7 nitrogen and oxygen atoms in total. The molecule has 0 aliphatic heterocycles. The Morgan fingerprint density at radius 3 is 2.85 bits per heavy atom. The molecule has 2 heterocycles. The van der Waals surface area contributed by atoms with E-state index < -0.39 is 0 Å². The minimum Gasteiger partial charge on any atom is -0.339 e. The van der Waals surface area contributed by atoms with Crippen molar-refractivity contribution in [2.24, 2.45) is 13.0 Å². The van der Waals surface area contributed by atoms with Crippen molar-refractivity contribution in [2.75, 3.05) is 7.05 Å². The number of imidazole rings is 1. The van der Waals surface area contributed by atoms with Crippen LogP contribution in [-0.4, -0.2) is 37.5 Å². The zero-order chi connectivity index (χ0) is 14.7. The number of hydrogen-bond acceptors (Lipinski definition) is 5. The van der Waals surface area contributed by atoms with Gasteiger partial charge in [0, 0.05) is 20.5 Å². The number of carbonyl (C=O) groups excluding carboxylic acids is 1. The molecule has 2 aromatic heterocycles. The van der Waals surface area contributed by atoms with E-state index in [1.54, 1.807) is 36.1 Å². The lowest BCUT2D eigenvalue weighted by Crippen LogP contribution is -2.28. The number of nitrogens with zero attached hydrogens (tertiary/aromatic N) is 5. The lowest BCUT2D eigenvalue weighted by molar-refractivity contribution is 0.0771. The van der Waals surface area contributed by atoms with E-state index in [1.165, 1.54) is 0 Å². The predicted molar refractivity (Wildman–Crippen MR) is 71.8 cm³/mol. The predicted octanol–water partition coefficient (Wildman–Crippen LogP) is 1.27. The van der Waals surface area contributed by atoms with Gasteiger partial charge in [0.1, 0.15) is 5.69 Å². The Labute approximate surface area is 117 Å². The normalized spacial score (nSPS) is 11.1. The van der Waals surface area contributed by atoms with Crippen LogP contribution in [0, 0.1) is 5.92 Å². The van der Waals surface area contributed by atoms with E-state index in [0.717, 1.165) is 6.42 Å². The molecule has 2 aromatic rings. The van der Waals surface area contributed by atoms with Gasteiger partial charge in [0.2, 0.25) is 5.89 Å². The molecule has 0 N–H and O–H groups in total. The van der Waals surface area contributed by atoms with Gasteiger partial charge in [-0.2, -0.15) is 4.98 Å². The molecule has 108 valence electrons. The van der Waals surface area contributed by atoms with Gasteiger partial charge >= 0.3 is 0 Å². The van der Waals surface area contributed by atoms with Crippen LogP contribution in [0.5, 0.6) is 0 Å². The van der Waals surface area contributed by atoms with Crippen LogP contribution in [0.15, 0.2) is 17.0 Å². The highest BCUT2D eigenvalue weighted by Crippen LogP contribution is 2.08. The summed E-state index contributed by atoms with van der Waals surface area (Å²) < 4.78 is 6.83. The molecule has 0 atom stereocenters. The molecule has 0 aliphatic rings. The molecule has 0 aliphatic carbocycles. The quantitative estimate of drug-likeness (QED) is 0.822. The van der Waals surface area contributed by atoms with Crippen molar-refractivity contribution in [1.82, 2.24) is 24.6 Å². The second-order valence-corrected chi connectivity index (χ2v) is 5.25. The summed E-state index contributed by atoms with van der Waals surface area (Å²) in [5, 5.41) is 3.89. The number of aryl methyl sites for hydroxylation is 1. The summed E-state index contributed by atoms with van der Waals surface area (Å²) >= 11 is 0. The number of rotatable bonds is 5. The molecule has 1 amide bonds. The molecule has 0 saturated heterocycles. The van der Waals surface area contributed by atoms with E-state index in [2.05, 4.69) is 29.0 Å². The summed E-state index contributed by atoms with van der Waals surface area (Å²) in [5.74, 6) is 1.45. The third kappa shape index (κ3) is 3.23. The smallest absolute Gasteiger partial charge is 0.272 e. The Morgan fingerprint density at radius 2 is 2.25 bits per heavy atom. The average molecular weight is 277 g/mol. The van der Waals surface area contributed by atoms with Crippen molar-refractivity contribution < 1.29 is 9.32 Å². The lowest BCUT2D eigenvalue weighted by atomic mass is 10.1. The number of carbonyl (C=O) groups is 1. The van der Waals surface area contributed by atoms with E-state index >= 15 is 0 Å². The van der Waals surface area contributed by atoms with E-state index in [1.807, 2.05) is 0 Å². The van der Waals surface area contributed by atoms with Gasteiger partial charge in [0.15, 0.2) is 5.82 Å². The minimum atomic E-state index is -0.125. The van der Waals surface area contributed by atoms with Gasteiger partial charge in [0.05, 0.1) is 19.1 Å². The topological polar surface area (TPSA) is 77.1 Å². The van der Waals surface area contributed by atoms with Gasteiger partial charge in [-0.25, -0.2) is 4.98 Å². The van der Waals surface area contributed by atoms with Crippen molar-refractivity contribution in [1.29, 1.82) is 0 Å². The van der Waals surface area contributed by atoms with Crippen molar-refractivity contribution in [3.05, 3.63) is 29.9 Å². The van der Waals surface area contributed by atoms with E-state index in [4.69, 9.17) is 4.52 Å². The van der Waals surface area contributed by atoms with Crippen molar-refractivity contribution in [3.63, 3.8) is 0 Å². The van der Waals surface area contributed by atoms with Gasteiger partial charge in [0.25, 0.3) is 5.91 Å². The molecular formula is C13H19N5O2. The highest BCUT2D eigenvalue weighted by molar-refractivity contribution is 5.92. The molecule has 0 spiro atoms. The standard InChI is InChI=1S/C13H19N5O2/c1-9(2)5-12-15-11(16-20-12)7-17(3)13(19)10-6-14-8-18(10)4/h6,8-9H,5,7H2,1-4H3. The van der Waals surface area contributed by atoms with Gasteiger partial charge in [-0.3, -0.25) is 4.79 Å². The first kappa shape index (κ1) is 14.2. The fourth-order valence-electron chi connectivity index (χ4n) is 1.83. The monoisotopic (exact) mass is 277 g/mol. The molecule has 0 radical (unpaired) electrons. The Balaban J connectivity index is 2.01. The number of amides is 1. The van der Waals surface area contributed by atoms with Gasteiger partial charge in [-0.05, 0) is 5.92 Å². The van der Waals surface area contributed by atoms with Crippen LogP contribution in [0.3, 0.4) is 0 Å². The first-order valence-corrected chi connectivity index (χ1v) is 6.50. The molecule has 20 heavy (non-hydrogen) atoms. The second kappa shape index (κ2) is 5.85. The first-order valence-electron chi connectivity index (χ1n) is 6.50. The summed E-state index contributed by atoms with van der Waals surface area (Å²) in [6, 6.07) is 0. The van der Waals surface area contributed by atoms with Crippen molar-refractivity contribution >= 4 is 5.91 Å². The Hall–Kier alpha value is -2.18. The summed E-state index contributed by atoms with van der Waals surface area (Å²) in [7, 11) is 3.48. The third-order valence-corrected chi connectivity index (χ3v) is 2.85. The zero-order valence-electron chi connectivity index (χ0n) is 12.2. The Kier molecular flexibility index (Phi) is 4.16. The highest BCUT2D eigenvalue weighted by Gasteiger charge is 2.17. The van der Waals surface area contributed by atoms with Crippen LogP contribution in [0.4, 0.5) is 0 Å². The maximum atomic E-state index is 12.2. The molecule has 0 saturated carbocycles. The van der Waals surface area contributed by atoms with Crippen LogP contribution in [-0.2, 0) is 20.0 Å². The van der Waals surface area contributed by atoms with Gasteiger partial charge < -0.3 is 14.0 Å². The lowest BCUT2D eigenvalue weighted by Gasteiger charge is -2.14. The van der Waals surface area contributed by atoms with E-state index in [-0.39, 0.29) is 5.91 Å². The number of hydrogen-bond donors (Lipinski definition) is 0. The second-order valence-electron chi connectivity index (χ2n) is 5.25. The van der Waals surface area contributed by atoms with Crippen LogP contribution in [0.1, 0.15) is 36.1 Å². The third-order valence-electron chi connectivity index (χ3n) is 2.85. The van der Waals surface area contributed by atoms with Crippen LogP contribution in [0.25, 0.3) is 0 Å². The largest absolute Gasteiger partial charge is 0.339 e. The summed E-state index contributed by atoms with van der Waals surface area (Å²) in [5.41, 5.74) is 0.526. The molecule has 2 rings (SSSR count). The Morgan fingerprint density at radius 1 is 1.50 bits per heavy atom. The van der Waals surface area contributed by atoms with E-state index in [9.17, 15) is 4.79 Å². The minimum absolute atomic E-state index is 0.125. The summed E-state index contributed by atoms with van der Waals surface area (Å²) in [4.78, 5) is 22.0. The summed E-state index contributed by atoms with van der Waals surface area (Å²) in [6.07, 6.45) is 3.88. The highest BCUT2D eigenvalue weighted by atomic mass is 16.5.